The van der Waals surface area contributed by atoms with Crippen LogP contribution >= 0.6 is 11.3 Å². The fourth-order valence-corrected chi connectivity index (χ4v) is 3.62. The van der Waals surface area contributed by atoms with Crippen LogP contribution in [0, 0.1) is 0 Å². The molecule has 7 heteroatoms. The molecule has 0 unspecified atom stereocenters. The Bertz CT molecular complexity index is 1230. The highest BCUT2D eigenvalue weighted by Crippen LogP contribution is 2.27. The molecule has 6 nitrogen and oxygen atoms in total. The first-order chi connectivity index (χ1) is 14.6. The number of ether oxygens (including phenoxy) is 1. The lowest BCUT2D eigenvalue weighted by Gasteiger charge is -2.05. The highest BCUT2D eigenvalue weighted by molar-refractivity contribution is 7.14. The summed E-state index contributed by atoms with van der Waals surface area (Å²) in [5.74, 6) is 0.272. The monoisotopic (exact) mass is 420 g/mol. The molecule has 0 aliphatic carbocycles. The molecule has 2 heterocycles. The molecule has 0 radical (unpaired) electrons. The number of nitrogens with one attached hydrogen (secondary N) is 1. The van der Waals surface area contributed by atoms with Crippen molar-refractivity contribution < 1.29 is 13.9 Å². The molecular weight excluding hydrogens is 400 g/mol. The Kier molecular flexibility index (Phi) is 5.90. The van der Waals surface area contributed by atoms with Crippen LogP contribution in [0.4, 0.5) is 5.13 Å². The van der Waals surface area contributed by atoms with Crippen molar-refractivity contribution in [2.75, 3.05) is 11.9 Å². The standard InChI is InChI=1S/C23H20N2O4S/c1-2-3-12-28-17-10-8-15(9-11-17)19-14-30-23(24-19)25-21(26)18-13-16-6-4-5-7-20(16)29-22(18)27/h4-11,13-14H,2-3,12H2,1H3,(H,24,25,26). The lowest BCUT2D eigenvalue weighted by Crippen LogP contribution is -2.20. The number of carbonyl (C=O) groups excluding carboxylic acids is 1. The summed E-state index contributed by atoms with van der Waals surface area (Å²) < 4.78 is 10.9. The van der Waals surface area contributed by atoms with E-state index in [9.17, 15) is 9.59 Å². The number of benzene rings is 2. The highest BCUT2D eigenvalue weighted by Gasteiger charge is 2.15. The van der Waals surface area contributed by atoms with Gasteiger partial charge < -0.3 is 9.15 Å². The summed E-state index contributed by atoms with van der Waals surface area (Å²) in [5, 5.41) is 5.63. The van der Waals surface area contributed by atoms with E-state index in [1.807, 2.05) is 35.7 Å². The molecule has 4 aromatic rings. The number of hydrogen-bond acceptors (Lipinski definition) is 6. The normalized spacial score (nSPS) is 10.8. The summed E-state index contributed by atoms with van der Waals surface area (Å²) in [6.45, 7) is 2.82. The molecule has 0 saturated heterocycles. The molecule has 152 valence electrons. The van der Waals surface area contributed by atoms with E-state index in [-0.39, 0.29) is 5.56 Å². The summed E-state index contributed by atoms with van der Waals surface area (Å²) in [7, 11) is 0. The van der Waals surface area contributed by atoms with Crippen molar-refractivity contribution in [2.45, 2.75) is 19.8 Å². The Hall–Kier alpha value is -3.45. The smallest absolute Gasteiger partial charge is 0.349 e. The number of carbonyl (C=O) groups is 1. The maximum absolute atomic E-state index is 12.6. The van der Waals surface area contributed by atoms with Gasteiger partial charge in [0.1, 0.15) is 16.9 Å². The van der Waals surface area contributed by atoms with Crippen LogP contribution in [-0.2, 0) is 0 Å². The molecule has 1 N–H and O–H groups in total. The van der Waals surface area contributed by atoms with Crippen LogP contribution in [0.3, 0.4) is 0 Å². The van der Waals surface area contributed by atoms with Crippen molar-refractivity contribution in [3.8, 4) is 17.0 Å². The van der Waals surface area contributed by atoms with E-state index in [0.29, 0.717) is 22.7 Å². The average molecular weight is 420 g/mol. The number of aromatic nitrogens is 1. The van der Waals surface area contributed by atoms with Gasteiger partial charge in [0.15, 0.2) is 5.13 Å². The molecule has 0 bridgehead atoms. The number of thiazole rings is 1. The fourth-order valence-electron chi connectivity index (χ4n) is 2.90. The Morgan fingerprint density at radius 1 is 1.17 bits per heavy atom. The molecule has 1 amide bonds. The minimum atomic E-state index is -0.679. The third-order valence-electron chi connectivity index (χ3n) is 4.53. The molecule has 0 aliphatic rings. The van der Waals surface area contributed by atoms with Crippen LogP contribution in [0.15, 0.2) is 69.2 Å². The van der Waals surface area contributed by atoms with Crippen molar-refractivity contribution >= 4 is 33.3 Å². The summed E-state index contributed by atoms with van der Waals surface area (Å²) >= 11 is 1.29. The Balaban J connectivity index is 1.47. The molecule has 0 atom stereocenters. The molecule has 2 aromatic carbocycles. The van der Waals surface area contributed by atoms with Gasteiger partial charge in [-0.25, -0.2) is 9.78 Å². The summed E-state index contributed by atoms with van der Waals surface area (Å²) in [5.41, 5.74) is 1.36. The van der Waals surface area contributed by atoms with Crippen LogP contribution in [0.1, 0.15) is 30.1 Å². The molecule has 0 aliphatic heterocycles. The molecule has 2 aromatic heterocycles. The van der Waals surface area contributed by atoms with Crippen LogP contribution in [0.5, 0.6) is 5.75 Å². The van der Waals surface area contributed by atoms with Crippen LogP contribution in [-0.4, -0.2) is 17.5 Å². The van der Waals surface area contributed by atoms with Gasteiger partial charge in [-0.15, -0.1) is 11.3 Å². The first-order valence-corrected chi connectivity index (χ1v) is 10.5. The van der Waals surface area contributed by atoms with Crippen molar-refractivity contribution in [3.05, 3.63) is 76.0 Å². The number of anilines is 1. The minimum absolute atomic E-state index is 0.0565. The number of para-hydroxylation sites is 1. The summed E-state index contributed by atoms with van der Waals surface area (Å²) in [6.07, 6.45) is 2.11. The van der Waals surface area contributed by atoms with Gasteiger partial charge in [-0.3, -0.25) is 10.1 Å². The lowest BCUT2D eigenvalue weighted by atomic mass is 10.2. The quantitative estimate of drug-likeness (QED) is 0.322. The first kappa shape index (κ1) is 19.8. The molecule has 0 spiro atoms. The average Bonchev–Trinajstić information content (AvgIpc) is 3.22. The SMILES string of the molecule is CCCCOc1ccc(-c2csc(NC(=O)c3cc4ccccc4oc3=O)n2)cc1. The third kappa shape index (κ3) is 4.41. The summed E-state index contributed by atoms with van der Waals surface area (Å²) in [6, 6.07) is 16.3. The first-order valence-electron chi connectivity index (χ1n) is 9.67. The van der Waals surface area contributed by atoms with E-state index in [2.05, 4.69) is 17.2 Å². The number of hydrogen-bond donors (Lipinski definition) is 1. The molecule has 0 saturated carbocycles. The van der Waals surface area contributed by atoms with Gasteiger partial charge >= 0.3 is 5.63 Å². The van der Waals surface area contributed by atoms with E-state index in [1.165, 1.54) is 17.4 Å². The van der Waals surface area contributed by atoms with Crippen LogP contribution in [0.2, 0.25) is 0 Å². The second kappa shape index (κ2) is 8.92. The van der Waals surface area contributed by atoms with Gasteiger partial charge in [0, 0.05) is 16.3 Å². The third-order valence-corrected chi connectivity index (χ3v) is 5.29. The molecule has 0 fully saturated rings. The molecular formula is C23H20N2O4S. The van der Waals surface area contributed by atoms with Crippen LogP contribution in [0.25, 0.3) is 22.2 Å². The number of rotatable bonds is 7. The van der Waals surface area contributed by atoms with Gasteiger partial charge in [0.2, 0.25) is 0 Å². The van der Waals surface area contributed by atoms with Crippen molar-refractivity contribution in [3.63, 3.8) is 0 Å². The van der Waals surface area contributed by atoms with Gasteiger partial charge in [0.25, 0.3) is 5.91 Å². The van der Waals surface area contributed by atoms with E-state index < -0.39 is 11.5 Å². The zero-order chi connectivity index (χ0) is 20.9. The van der Waals surface area contributed by atoms with Gasteiger partial charge in [-0.1, -0.05) is 31.5 Å². The van der Waals surface area contributed by atoms with Crippen molar-refractivity contribution in [1.82, 2.24) is 4.98 Å². The Labute approximate surface area is 177 Å². The van der Waals surface area contributed by atoms with E-state index in [4.69, 9.17) is 9.15 Å². The number of nitrogens with zero attached hydrogens (tertiary/aromatic N) is 1. The fraction of sp³-hybridized carbons (Fsp3) is 0.174. The van der Waals surface area contributed by atoms with Gasteiger partial charge in [-0.05, 0) is 42.8 Å². The second-order valence-electron chi connectivity index (χ2n) is 6.70. The summed E-state index contributed by atoms with van der Waals surface area (Å²) in [4.78, 5) is 29.2. The Morgan fingerprint density at radius 3 is 2.77 bits per heavy atom. The predicted molar refractivity (Wildman–Crippen MR) is 118 cm³/mol. The van der Waals surface area contributed by atoms with Crippen molar-refractivity contribution in [1.29, 1.82) is 0 Å². The predicted octanol–water partition coefficient (Wildman–Crippen LogP) is 5.35. The Morgan fingerprint density at radius 2 is 1.97 bits per heavy atom. The van der Waals surface area contributed by atoms with Crippen LogP contribution < -0.4 is 15.7 Å². The zero-order valence-corrected chi connectivity index (χ0v) is 17.2. The highest BCUT2D eigenvalue weighted by atomic mass is 32.1. The van der Waals surface area contributed by atoms with E-state index in [1.54, 1.807) is 18.2 Å². The number of fused-ring (bicyclic) bond motifs is 1. The lowest BCUT2D eigenvalue weighted by molar-refractivity contribution is 0.102. The zero-order valence-electron chi connectivity index (χ0n) is 16.4. The molecule has 30 heavy (non-hydrogen) atoms. The second-order valence-corrected chi connectivity index (χ2v) is 7.56. The molecule has 4 rings (SSSR count). The minimum Gasteiger partial charge on any atom is -0.494 e. The maximum atomic E-state index is 12.6. The van der Waals surface area contributed by atoms with E-state index in [0.717, 1.165) is 29.8 Å². The largest absolute Gasteiger partial charge is 0.494 e. The number of unbranched alkanes of at least 4 members (excludes halogenated alkanes) is 1. The topological polar surface area (TPSA) is 81.4 Å². The van der Waals surface area contributed by atoms with Gasteiger partial charge in [-0.2, -0.15) is 0 Å². The van der Waals surface area contributed by atoms with Crippen molar-refractivity contribution in [2.24, 2.45) is 0 Å². The number of amides is 1. The van der Waals surface area contributed by atoms with Gasteiger partial charge in [0.05, 0.1) is 12.3 Å². The maximum Gasteiger partial charge on any atom is 0.349 e. The van der Waals surface area contributed by atoms with E-state index >= 15 is 0 Å².